The lowest BCUT2D eigenvalue weighted by molar-refractivity contribution is -0.137. The largest absolute Gasteiger partial charge is 0.416 e. The molecule has 4 N–H and O–H groups in total. The van der Waals surface area contributed by atoms with Gasteiger partial charge in [-0.2, -0.15) is 13.2 Å². The van der Waals surface area contributed by atoms with Crippen LogP contribution in [0.1, 0.15) is 42.0 Å². The molecule has 3 aromatic rings. The fraction of sp³-hybridized carbons (Fsp3) is 0.348. The molecule has 0 radical (unpaired) electrons. The van der Waals surface area contributed by atoms with Crippen LogP contribution in [-0.4, -0.2) is 27.6 Å². The van der Waals surface area contributed by atoms with Crippen LogP contribution in [0, 0.1) is 6.92 Å². The molecule has 2 aromatic heterocycles. The molecule has 1 atom stereocenters. The Hall–Kier alpha value is -3.40. The first-order valence-electron chi connectivity index (χ1n) is 10.6. The number of nitrogen functional groups attached to an aromatic ring is 1. The fourth-order valence-electron chi connectivity index (χ4n) is 4.03. The zero-order valence-electron chi connectivity index (χ0n) is 18.5. The first kappa shape index (κ1) is 22.8. The Morgan fingerprint density at radius 1 is 1.21 bits per heavy atom. The summed E-state index contributed by atoms with van der Waals surface area (Å²) >= 11 is 0. The number of nitrogens with zero attached hydrogens (tertiary/aromatic N) is 3. The molecule has 7 nitrogen and oxygen atoms in total. The van der Waals surface area contributed by atoms with Gasteiger partial charge in [-0.15, -0.1) is 0 Å². The van der Waals surface area contributed by atoms with Crippen LogP contribution >= 0.6 is 0 Å². The highest BCUT2D eigenvalue weighted by molar-refractivity contribution is 5.91. The second kappa shape index (κ2) is 8.51. The summed E-state index contributed by atoms with van der Waals surface area (Å²) in [7, 11) is 1.71. The highest BCUT2D eigenvalue weighted by atomic mass is 19.4. The summed E-state index contributed by atoms with van der Waals surface area (Å²) in [6.45, 7) is 4.91. The highest BCUT2D eigenvalue weighted by Crippen LogP contribution is 2.34. The van der Waals surface area contributed by atoms with E-state index in [2.05, 4.69) is 20.6 Å². The summed E-state index contributed by atoms with van der Waals surface area (Å²) < 4.78 is 41.4. The van der Waals surface area contributed by atoms with Crippen LogP contribution in [0.3, 0.4) is 0 Å². The molecular formula is C23H25F3N6O. The Kier molecular flexibility index (Phi) is 5.87. The molecule has 0 fully saturated rings. The molecule has 1 aliphatic rings. The van der Waals surface area contributed by atoms with Crippen molar-refractivity contribution in [3.05, 3.63) is 63.3 Å². The van der Waals surface area contributed by atoms with E-state index in [-0.39, 0.29) is 16.8 Å². The molecule has 1 aromatic carbocycles. The Morgan fingerprint density at radius 3 is 2.64 bits per heavy atom. The van der Waals surface area contributed by atoms with Gasteiger partial charge in [0, 0.05) is 25.0 Å². The Morgan fingerprint density at radius 2 is 1.97 bits per heavy atom. The number of hydrogen-bond donors (Lipinski definition) is 3. The van der Waals surface area contributed by atoms with Crippen LogP contribution in [0.15, 0.2) is 35.1 Å². The van der Waals surface area contributed by atoms with E-state index in [9.17, 15) is 18.0 Å². The summed E-state index contributed by atoms with van der Waals surface area (Å²) in [5.41, 5.74) is 7.09. The molecule has 174 valence electrons. The van der Waals surface area contributed by atoms with Crippen molar-refractivity contribution >= 4 is 28.0 Å². The zero-order chi connectivity index (χ0) is 23.9. The lowest BCUT2D eigenvalue weighted by atomic mass is 10.0. The van der Waals surface area contributed by atoms with Crippen molar-refractivity contribution in [2.24, 2.45) is 7.05 Å². The molecule has 0 aliphatic carbocycles. The average Bonchev–Trinajstić information content (AvgIpc) is 2.76. The van der Waals surface area contributed by atoms with Gasteiger partial charge in [-0.1, -0.05) is 6.08 Å². The minimum atomic E-state index is -4.51. The van der Waals surface area contributed by atoms with Gasteiger partial charge in [-0.25, -0.2) is 9.97 Å². The standard InChI is InChI=1S/C23H25F3N6O/c1-12(15-8-16(23(24,25)26)10-17(27)9-15)29-21-18-11-19(14-4-6-28-7-5-14)32(3)22(33)20(18)30-13(2)31-21/h4,8-12,28H,5-7,27H2,1-3H3,(H,29,30,31)/t12-/m1/s1. The van der Waals surface area contributed by atoms with E-state index >= 15 is 0 Å². The number of hydrogen-bond acceptors (Lipinski definition) is 6. The Labute approximate surface area is 188 Å². The molecule has 1 aliphatic heterocycles. The topological polar surface area (TPSA) is 97.9 Å². The first-order valence-corrected chi connectivity index (χ1v) is 10.6. The van der Waals surface area contributed by atoms with Gasteiger partial charge in [0.2, 0.25) is 0 Å². The molecule has 33 heavy (non-hydrogen) atoms. The number of fused-ring (bicyclic) bond motifs is 1. The molecule has 0 saturated carbocycles. The minimum absolute atomic E-state index is 0.0196. The summed E-state index contributed by atoms with van der Waals surface area (Å²) in [5.74, 6) is 0.765. The van der Waals surface area contributed by atoms with Crippen LogP contribution < -0.4 is 21.9 Å². The van der Waals surface area contributed by atoms with Crippen LogP contribution in [0.2, 0.25) is 0 Å². The number of nitrogens with two attached hydrogens (primary N) is 1. The lowest BCUT2D eigenvalue weighted by Gasteiger charge is -2.21. The third kappa shape index (κ3) is 4.56. The maximum Gasteiger partial charge on any atom is 0.416 e. The molecular weight excluding hydrogens is 433 g/mol. The third-order valence-electron chi connectivity index (χ3n) is 5.76. The van der Waals surface area contributed by atoms with Gasteiger partial charge in [-0.05, 0) is 62.2 Å². The summed E-state index contributed by atoms with van der Waals surface area (Å²) in [6, 6.07) is 4.77. The van der Waals surface area contributed by atoms with E-state index in [1.807, 2.05) is 12.1 Å². The van der Waals surface area contributed by atoms with E-state index < -0.39 is 17.8 Å². The predicted octanol–water partition coefficient (Wildman–Crippen LogP) is 3.79. The molecule has 0 saturated heterocycles. The van der Waals surface area contributed by atoms with E-state index in [1.54, 1.807) is 25.5 Å². The Bertz CT molecular complexity index is 1310. The fourth-order valence-corrected chi connectivity index (χ4v) is 4.03. The average molecular weight is 458 g/mol. The Balaban J connectivity index is 1.81. The van der Waals surface area contributed by atoms with Gasteiger partial charge in [0.25, 0.3) is 5.56 Å². The van der Waals surface area contributed by atoms with Crippen LogP contribution in [-0.2, 0) is 13.2 Å². The number of benzene rings is 1. The maximum absolute atomic E-state index is 13.3. The first-order chi connectivity index (χ1) is 15.5. The second-order valence-electron chi connectivity index (χ2n) is 8.21. The number of alkyl halides is 3. The SMILES string of the molecule is Cc1nc(N[C@H](C)c2cc(N)cc(C(F)(F)F)c2)c2cc(C3=CCNCC3)n(C)c(=O)c2n1. The number of anilines is 2. The number of rotatable bonds is 4. The summed E-state index contributed by atoms with van der Waals surface area (Å²) in [6.07, 6.45) is -1.69. The van der Waals surface area contributed by atoms with Gasteiger partial charge in [-0.3, -0.25) is 4.79 Å². The van der Waals surface area contributed by atoms with Gasteiger partial charge >= 0.3 is 6.18 Å². The third-order valence-corrected chi connectivity index (χ3v) is 5.76. The van der Waals surface area contributed by atoms with Crippen molar-refractivity contribution in [2.75, 3.05) is 24.1 Å². The predicted molar refractivity (Wildman–Crippen MR) is 123 cm³/mol. The van der Waals surface area contributed by atoms with Crippen molar-refractivity contribution < 1.29 is 13.2 Å². The van der Waals surface area contributed by atoms with Crippen LogP contribution in [0.5, 0.6) is 0 Å². The van der Waals surface area contributed by atoms with Crippen molar-refractivity contribution in [2.45, 2.75) is 32.5 Å². The second-order valence-corrected chi connectivity index (χ2v) is 8.21. The van der Waals surface area contributed by atoms with Gasteiger partial charge in [0.05, 0.1) is 17.0 Å². The quantitative estimate of drug-likeness (QED) is 0.515. The molecule has 0 unspecified atom stereocenters. The highest BCUT2D eigenvalue weighted by Gasteiger charge is 2.31. The van der Waals surface area contributed by atoms with Crippen molar-refractivity contribution in [3.63, 3.8) is 0 Å². The molecule has 3 heterocycles. The van der Waals surface area contributed by atoms with Crippen molar-refractivity contribution in [1.29, 1.82) is 0 Å². The van der Waals surface area contributed by atoms with E-state index in [0.717, 1.165) is 36.4 Å². The minimum Gasteiger partial charge on any atom is -0.399 e. The lowest BCUT2D eigenvalue weighted by Crippen LogP contribution is -2.25. The number of aryl methyl sites for hydroxylation is 1. The normalized spacial score (nSPS) is 15.4. The van der Waals surface area contributed by atoms with Gasteiger partial charge in [0.1, 0.15) is 17.2 Å². The van der Waals surface area contributed by atoms with Crippen LogP contribution in [0.25, 0.3) is 16.5 Å². The smallest absolute Gasteiger partial charge is 0.399 e. The molecule has 0 spiro atoms. The zero-order valence-corrected chi connectivity index (χ0v) is 18.5. The van der Waals surface area contributed by atoms with E-state index in [1.165, 1.54) is 6.07 Å². The summed E-state index contributed by atoms with van der Waals surface area (Å²) in [5, 5.41) is 6.94. The van der Waals surface area contributed by atoms with E-state index in [4.69, 9.17) is 5.73 Å². The number of pyridine rings is 1. The van der Waals surface area contributed by atoms with Gasteiger partial charge in [0.15, 0.2) is 0 Å². The number of nitrogens with one attached hydrogen (secondary N) is 2. The molecule has 10 heteroatoms. The number of aromatic nitrogens is 3. The van der Waals surface area contributed by atoms with E-state index in [0.29, 0.717) is 29.1 Å². The maximum atomic E-state index is 13.3. The van der Waals surface area contributed by atoms with Crippen molar-refractivity contribution in [1.82, 2.24) is 19.9 Å². The van der Waals surface area contributed by atoms with Crippen molar-refractivity contribution in [3.8, 4) is 0 Å². The molecule has 0 amide bonds. The van der Waals surface area contributed by atoms with Crippen LogP contribution in [0.4, 0.5) is 24.7 Å². The summed E-state index contributed by atoms with van der Waals surface area (Å²) in [4.78, 5) is 21.9. The number of halogens is 3. The monoisotopic (exact) mass is 458 g/mol. The molecule has 4 rings (SSSR count). The van der Waals surface area contributed by atoms with Gasteiger partial charge < -0.3 is 20.9 Å². The molecule has 0 bridgehead atoms.